The van der Waals surface area contributed by atoms with E-state index in [2.05, 4.69) is 46.3 Å². The lowest BCUT2D eigenvalue weighted by Crippen LogP contribution is -2.49. The van der Waals surface area contributed by atoms with E-state index in [4.69, 9.17) is 16.3 Å². The molecule has 0 amide bonds. The maximum absolute atomic E-state index is 6.30. The first-order valence-corrected chi connectivity index (χ1v) is 10.7. The summed E-state index contributed by atoms with van der Waals surface area (Å²) in [6.45, 7) is 10.4. The van der Waals surface area contributed by atoms with Crippen molar-refractivity contribution in [2.24, 2.45) is 16.3 Å². The predicted octanol–water partition coefficient (Wildman–Crippen LogP) is 3.94. The molecule has 2 fully saturated rings. The molecule has 1 aromatic rings. The molecule has 3 heterocycles. The molecule has 2 aliphatic heterocycles. The Morgan fingerprint density at radius 3 is 2.86 bits per heavy atom. The fraction of sp³-hybridized carbons (Fsp3) is 0.714. The van der Waals surface area contributed by atoms with Crippen LogP contribution in [0.5, 0.6) is 0 Å². The fourth-order valence-corrected chi connectivity index (χ4v) is 4.55. The molecule has 3 atom stereocenters. The smallest absolute Gasteiger partial charge is 0.191 e. The highest BCUT2D eigenvalue weighted by atomic mass is 127. The van der Waals surface area contributed by atoms with Crippen molar-refractivity contribution in [1.29, 1.82) is 0 Å². The van der Waals surface area contributed by atoms with Crippen molar-refractivity contribution < 1.29 is 4.74 Å². The summed E-state index contributed by atoms with van der Waals surface area (Å²) in [6, 6.07) is 4.08. The Hall–Kier alpha value is -0.800. The summed E-state index contributed by atoms with van der Waals surface area (Å²) in [5.41, 5.74) is 0.150. The van der Waals surface area contributed by atoms with E-state index in [-0.39, 0.29) is 35.5 Å². The van der Waals surface area contributed by atoms with Crippen LogP contribution in [0, 0.1) is 11.3 Å². The summed E-state index contributed by atoms with van der Waals surface area (Å²) in [5.74, 6) is 2.22. The number of hydrogen-bond donors (Lipinski definition) is 2. The van der Waals surface area contributed by atoms with Crippen molar-refractivity contribution in [3.8, 4) is 0 Å². The summed E-state index contributed by atoms with van der Waals surface area (Å²) >= 11 is 6.30. The van der Waals surface area contributed by atoms with Gasteiger partial charge in [0, 0.05) is 51.4 Å². The van der Waals surface area contributed by atoms with Crippen LogP contribution in [0.25, 0.3) is 0 Å². The minimum absolute atomic E-state index is 0. The zero-order valence-corrected chi connectivity index (χ0v) is 21.0. The van der Waals surface area contributed by atoms with Crippen molar-refractivity contribution in [2.75, 3.05) is 38.2 Å². The third kappa shape index (κ3) is 6.59. The molecular formula is C21H35ClIN5O. The van der Waals surface area contributed by atoms with Gasteiger partial charge in [0.25, 0.3) is 0 Å². The first-order chi connectivity index (χ1) is 13.4. The molecule has 29 heavy (non-hydrogen) atoms. The van der Waals surface area contributed by atoms with E-state index in [0.717, 1.165) is 50.9 Å². The van der Waals surface area contributed by atoms with Gasteiger partial charge in [0.2, 0.25) is 0 Å². The molecule has 2 saturated heterocycles. The SMILES string of the molecule is CN=C(NCC1CCCOC1C(C)(C)C)NC1CCN(c2ncccc2Cl)C1.I. The number of pyridine rings is 1. The van der Waals surface area contributed by atoms with Gasteiger partial charge in [0.15, 0.2) is 5.96 Å². The standard InChI is InChI=1S/C21H34ClN5O.HI/c1-21(2,3)18-15(7-6-12-28-18)13-25-20(23-4)26-16-9-11-27(14-16)19-17(22)8-5-10-24-19;/h5,8,10,15-16,18H,6-7,9,11-14H2,1-4H3,(H2,23,25,26);1H. The Bertz CT molecular complexity index is 681. The Kier molecular flexibility index (Phi) is 9.28. The van der Waals surface area contributed by atoms with Crippen molar-refractivity contribution in [3.63, 3.8) is 0 Å². The molecule has 6 nitrogen and oxygen atoms in total. The van der Waals surface area contributed by atoms with E-state index < -0.39 is 0 Å². The lowest BCUT2D eigenvalue weighted by atomic mass is 9.78. The molecule has 3 unspecified atom stereocenters. The lowest BCUT2D eigenvalue weighted by Gasteiger charge is -2.40. The van der Waals surface area contributed by atoms with Gasteiger partial charge in [-0.3, -0.25) is 4.99 Å². The van der Waals surface area contributed by atoms with Crippen LogP contribution in [0.4, 0.5) is 5.82 Å². The monoisotopic (exact) mass is 535 g/mol. The van der Waals surface area contributed by atoms with E-state index >= 15 is 0 Å². The second-order valence-electron chi connectivity index (χ2n) is 8.90. The van der Waals surface area contributed by atoms with Crippen LogP contribution in [0.1, 0.15) is 40.0 Å². The molecule has 0 radical (unpaired) electrons. The molecule has 3 rings (SSSR count). The average molecular weight is 536 g/mol. The van der Waals surface area contributed by atoms with Crippen LogP contribution in [0.2, 0.25) is 5.02 Å². The molecule has 0 spiro atoms. The predicted molar refractivity (Wildman–Crippen MR) is 132 cm³/mol. The molecular weight excluding hydrogens is 501 g/mol. The molecule has 0 bridgehead atoms. The molecule has 0 aliphatic carbocycles. The number of guanidine groups is 1. The molecule has 8 heteroatoms. The van der Waals surface area contributed by atoms with Crippen LogP contribution in [-0.4, -0.2) is 56.4 Å². The van der Waals surface area contributed by atoms with Gasteiger partial charge in [-0.15, -0.1) is 24.0 Å². The molecule has 2 aliphatic rings. The lowest BCUT2D eigenvalue weighted by molar-refractivity contribution is -0.0835. The average Bonchev–Trinajstić information content (AvgIpc) is 3.13. The van der Waals surface area contributed by atoms with E-state index in [1.807, 2.05) is 19.2 Å². The molecule has 0 saturated carbocycles. The van der Waals surface area contributed by atoms with Crippen LogP contribution in [-0.2, 0) is 4.74 Å². The van der Waals surface area contributed by atoms with Gasteiger partial charge in [-0.05, 0) is 36.8 Å². The molecule has 0 aromatic carbocycles. The number of ether oxygens (including phenoxy) is 1. The Morgan fingerprint density at radius 1 is 1.38 bits per heavy atom. The van der Waals surface area contributed by atoms with Crippen LogP contribution in [0.3, 0.4) is 0 Å². The normalized spacial score (nSPS) is 25.5. The highest BCUT2D eigenvalue weighted by molar-refractivity contribution is 14.0. The molecule has 1 aromatic heterocycles. The highest BCUT2D eigenvalue weighted by Gasteiger charge is 2.35. The minimum Gasteiger partial charge on any atom is -0.377 e. The maximum atomic E-state index is 6.30. The van der Waals surface area contributed by atoms with Gasteiger partial charge in [0.1, 0.15) is 5.82 Å². The van der Waals surface area contributed by atoms with Crippen molar-refractivity contribution in [2.45, 2.75) is 52.2 Å². The van der Waals surface area contributed by atoms with Crippen molar-refractivity contribution in [3.05, 3.63) is 23.4 Å². The zero-order chi connectivity index (χ0) is 20.1. The van der Waals surface area contributed by atoms with Gasteiger partial charge in [-0.2, -0.15) is 0 Å². The maximum Gasteiger partial charge on any atom is 0.191 e. The number of nitrogens with zero attached hydrogens (tertiary/aromatic N) is 3. The van der Waals surface area contributed by atoms with Crippen LogP contribution < -0.4 is 15.5 Å². The van der Waals surface area contributed by atoms with Gasteiger partial charge < -0.3 is 20.3 Å². The fourth-order valence-electron chi connectivity index (χ4n) is 4.31. The number of aliphatic imine (C=N–C) groups is 1. The third-order valence-electron chi connectivity index (χ3n) is 5.62. The first kappa shape index (κ1) is 24.5. The van der Waals surface area contributed by atoms with Crippen molar-refractivity contribution >= 4 is 47.4 Å². The number of halogens is 2. The number of nitrogens with one attached hydrogen (secondary N) is 2. The third-order valence-corrected chi connectivity index (χ3v) is 5.92. The number of hydrogen-bond acceptors (Lipinski definition) is 4. The summed E-state index contributed by atoms with van der Waals surface area (Å²) < 4.78 is 6.10. The van der Waals surface area contributed by atoms with Crippen molar-refractivity contribution in [1.82, 2.24) is 15.6 Å². The Balaban J connectivity index is 0.00000300. The summed E-state index contributed by atoms with van der Waals surface area (Å²) in [5, 5.41) is 7.80. The summed E-state index contributed by atoms with van der Waals surface area (Å²) in [4.78, 5) is 11.1. The molecule has 2 N–H and O–H groups in total. The van der Waals surface area contributed by atoms with Gasteiger partial charge in [-0.1, -0.05) is 32.4 Å². The van der Waals surface area contributed by atoms with E-state index in [1.165, 1.54) is 6.42 Å². The Labute approximate surface area is 197 Å². The van der Waals surface area contributed by atoms with Gasteiger partial charge in [-0.25, -0.2) is 4.98 Å². The number of anilines is 1. The number of rotatable bonds is 4. The highest BCUT2D eigenvalue weighted by Crippen LogP contribution is 2.33. The second kappa shape index (κ2) is 11.0. The minimum atomic E-state index is 0. The second-order valence-corrected chi connectivity index (χ2v) is 9.30. The van der Waals surface area contributed by atoms with Crippen LogP contribution in [0.15, 0.2) is 23.3 Å². The largest absolute Gasteiger partial charge is 0.377 e. The van der Waals surface area contributed by atoms with Gasteiger partial charge >= 0.3 is 0 Å². The van der Waals surface area contributed by atoms with Crippen LogP contribution >= 0.6 is 35.6 Å². The first-order valence-electron chi connectivity index (χ1n) is 10.3. The Morgan fingerprint density at radius 2 is 2.17 bits per heavy atom. The van der Waals surface area contributed by atoms with E-state index in [9.17, 15) is 0 Å². The van der Waals surface area contributed by atoms with E-state index in [1.54, 1.807) is 6.20 Å². The zero-order valence-electron chi connectivity index (χ0n) is 17.9. The topological polar surface area (TPSA) is 61.8 Å². The van der Waals surface area contributed by atoms with E-state index in [0.29, 0.717) is 17.0 Å². The summed E-state index contributed by atoms with van der Waals surface area (Å²) in [7, 11) is 1.83. The quantitative estimate of drug-likeness (QED) is 0.347. The summed E-state index contributed by atoms with van der Waals surface area (Å²) in [6.07, 6.45) is 5.43. The van der Waals surface area contributed by atoms with Gasteiger partial charge in [0.05, 0.1) is 11.1 Å². The molecule has 164 valence electrons. The number of aromatic nitrogens is 1.